The van der Waals surface area contributed by atoms with Gasteiger partial charge in [-0.2, -0.15) is 0 Å². The molecule has 5 N–H and O–H groups in total. The number of phenols is 2. The smallest absolute Gasteiger partial charge is 0.124 e. The Hall–Kier alpha value is -2.46. The molecule has 0 saturated heterocycles. The quantitative estimate of drug-likeness (QED) is 0.650. The second-order valence-corrected chi connectivity index (χ2v) is 6.15. The lowest BCUT2D eigenvalue weighted by Crippen LogP contribution is -2.27. The Morgan fingerprint density at radius 3 is 2.61 bits per heavy atom. The first kappa shape index (κ1) is 15.4. The summed E-state index contributed by atoms with van der Waals surface area (Å²) in [4.78, 5) is 0. The van der Waals surface area contributed by atoms with E-state index < -0.39 is 0 Å². The molecule has 4 heteroatoms. The minimum Gasteiger partial charge on any atom is -0.507 e. The number of anilines is 1. The first-order valence-electron chi connectivity index (χ1n) is 7.81. The molecule has 120 valence electrons. The average Bonchev–Trinajstić information content (AvgIpc) is 2.46. The van der Waals surface area contributed by atoms with Gasteiger partial charge < -0.3 is 21.3 Å². The van der Waals surface area contributed by atoms with Crippen molar-refractivity contribution in [2.24, 2.45) is 0 Å². The first-order chi connectivity index (χ1) is 11.0. The van der Waals surface area contributed by atoms with Crippen molar-refractivity contribution >= 4 is 11.8 Å². The van der Waals surface area contributed by atoms with Crippen LogP contribution in [0.3, 0.4) is 0 Å². The number of fused-ring (bicyclic) bond motifs is 1. The van der Waals surface area contributed by atoms with Crippen molar-refractivity contribution < 1.29 is 10.2 Å². The monoisotopic (exact) mass is 310 g/mol. The fourth-order valence-electron chi connectivity index (χ4n) is 3.34. The Morgan fingerprint density at radius 1 is 1.22 bits per heavy atom. The molecule has 1 aliphatic rings. The number of aromatic hydroxyl groups is 2. The second-order valence-electron chi connectivity index (χ2n) is 6.15. The van der Waals surface area contributed by atoms with Crippen molar-refractivity contribution in [1.82, 2.24) is 5.32 Å². The summed E-state index contributed by atoms with van der Waals surface area (Å²) in [5.41, 5.74) is 10.4. The molecule has 2 atom stereocenters. The number of hydrogen-bond acceptors (Lipinski definition) is 4. The maximum absolute atomic E-state index is 10.2. The summed E-state index contributed by atoms with van der Waals surface area (Å²) in [6, 6.07) is 9.06. The lowest BCUT2D eigenvalue weighted by atomic mass is 9.90. The van der Waals surface area contributed by atoms with Crippen LogP contribution in [-0.2, 0) is 0 Å². The molecule has 0 aromatic heterocycles. The van der Waals surface area contributed by atoms with Gasteiger partial charge in [-0.05, 0) is 55.2 Å². The van der Waals surface area contributed by atoms with Gasteiger partial charge in [0.2, 0.25) is 0 Å². The number of nitrogens with one attached hydrogen (secondary N) is 1. The highest BCUT2D eigenvalue weighted by atomic mass is 16.3. The minimum atomic E-state index is -0.209. The summed E-state index contributed by atoms with van der Waals surface area (Å²) in [6.45, 7) is 3.77. The van der Waals surface area contributed by atoms with Crippen molar-refractivity contribution in [2.45, 2.75) is 32.4 Å². The Bertz CT molecular complexity index is 745. The van der Waals surface area contributed by atoms with Gasteiger partial charge in [-0.1, -0.05) is 24.3 Å². The number of hydrogen-bond donors (Lipinski definition) is 4. The van der Waals surface area contributed by atoms with Crippen molar-refractivity contribution in [3.63, 3.8) is 0 Å². The molecule has 2 aromatic carbocycles. The molecule has 0 spiro atoms. The molecule has 3 rings (SSSR count). The van der Waals surface area contributed by atoms with Crippen molar-refractivity contribution in [2.75, 3.05) is 5.73 Å². The summed E-state index contributed by atoms with van der Waals surface area (Å²) < 4.78 is 0. The Labute approximate surface area is 136 Å². The third-order valence-electron chi connectivity index (χ3n) is 4.36. The highest BCUT2D eigenvalue weighted by molar-refractivity contribution is 5.66. The molecule has 0 fully saturated rings. The van der Waals surface area contributed by atoms with Crippen LogP contribution in [0.1, 0.15) is 47.7 Å². The van der Waals surface area contributed by atoms with Crippen LogP contribution in [0.5, 0.6) is 11.5 Å². The van der Waals surface area contributed by atoms with E-state index in [1.165, 1.54) is 0 Å². The standard InChI is InChI=1S/C19H22N2O2/c1-11-9-16(22)18(17(23)10-11)12(2)21-15-8-4-6-13-5-3-7-14(20)19(13)15/h3-7,9-10,12,15,21-23H,8,20H2,1-2H3. The molecular weight excluding hydrogens is 288 g/mol. The van der Waals surface area contributed by atoms with Crippen LogP contribution in [-0.4, -0.2) is 10.2 Å². The van der Waals surface area contributed by atoms with Crippen LogP contribution in [0.25, 0.3) is 6.08 Å². The number of benzene rings is 2. The third kappa shape index (κ3) is 2.90. The van der Waals surface area contributed by atoms with E-state index in [4.69, 9.17) is 5.73 Å². The Morgan fingerprint density at radius 2 is 1.91 bits per heavy atom. The molecule has 0 heterocycles. The number of aryl methyl sites for hydroxylation is 1. The number of phenolic OH excluding ortho intramolecular Hbond substituents is 2. The predicted molar refractivity (Wildman–Crippen MR) is 93.3 cm³/mol. The predicted octanol–water partition coefficient (Wildman–Crippen LogP) is 3.80. The summed E-state index contributed by atoms with van der Waals surface area (Å²) in [6.07, 6.45) is 5.01. The zero-order chi connectivity index (χ0) is 16.6. The van der Waals surface area contributed by atoms with Crippen LogP contribution < -0.4 is 11.1 Å². The van der Waals surface area contributed by atoms with E-state index >= 15 is 0 Å². The van der Waals surface area contributed by atoms with Gasteiger partial charge in [-0.3, -0.25) is 0 Å². The van der Waals surface area contributed by atoms with E-state index in [1.807, 2.05) is 32.0 Å². The van der Waals surface area contributed by atoms with Gasteiger partial charge >= 0.3 is 0 Å². The molecule has 0 saturated carbocycles. The van der Waals surface area contributed by atoms with Gasteiger partial charge in [0.1, 0.15) is 11.5 Å². The molecule has 0 radical (unpaired) electrons. The van der Waals surface area contributed by atoms with Gasteiger partial charge in [-0.15, -0.1) is 0 Å². The molecule has 1 aliphatic carbocycles. The largest absolute Gasteiger partial charge is 0.507 e. The maximum Gasteiger partial charge on any atom is 0.124 e. The summed E-state index contributed by atoms with van der Waals surface area (Å²) in [5.74, 6) is 0.213. The van der Waals surface area contributed by atoms with E-state index in [0.717, 1.165) is 28.8 Å². The highest BCUT2D eigenvalue weighted by Crippen LogP contribution is 2.38. The highest BCUT2D eigenvalue weighted by Gasteiger charge is 2.24. The normalized spacial score (nSPS) is 17.7. The topological polar surface area (TPSA) is 78.5 Å². The van der Waals surface area contributed by atoms with E-state index in [2.05, 4.69) is 17.5 Å². The zero-order valence-electron chi connectivity index (χ0n) is 13.4. The number of rotatable bonds is 3. The Kier molecular flexibility index (Phi) is 4.01. The third-order valence-corrected chi connectivity index (χ3v) is 4.36. The minimum absolute atomic E-state index is 0.0475. The molecule has 23 heavy (non-hydrogen) atoms. The van der Waals surface area contributed by atoms with Crippen molar-refractivity contribution in [3.8, 4) is 11.5 Å². The SMILES string of the molecule is Cc1cc(O)c(C(C)NC2CC=Cc3cccc(N)c32)c(O)c1. The van der Waals surface area contributed by atoms with Crippen LogP contribution in [0.15, 0.2) is 36.4 Å². The van der Waals surface area contributed by atoms with Gasteiger partial charge in [0.25, 0.3) is 0 Å². The summed E-state index contributed by atoms with van der Waals surface area (Å²) >= 11 is 0. The first-order valence-corrected chi connectivity index (χ1v) is 7.81. The molecule has 4 nitrogen and oxygen atoms in total. The van der Waals surface area contributed by atoms with Crippen LogP contribution in [0, 0.1) is 6.92 Å². The van der Waals surface area contributed by atoms with Crippen LogP contribution >= 0.6 is 0 Å². The molecule has 0 bridgehead atoms. The van der Waals surface area contributed by atoms with Crippen LogP contribution in [0.4, 0.5) is 5.69 Å². The van der Waals surface area contributed by atoms with E-state index in [9.17, 15) is 10.2 Å². The zero-order valence-corrected chi connectivity index (χ0v) is 13.4. The lowest BCUT2D eigenvalue weighted by molar-refractivity contribution is 0.400. The lowest BCUT2D eigenvalue weighted by Gasteiger charge is -2.28. The van der Waals surface area contributed by atoms with Gasteiger partial charge in [0, 0.05) is 17.8 Å². The fourth-order valence-corrected chi connectivity index (χ4v) is 3.34. The Balaban J connectivity index is 1.91. The summed E-state index contributed by atoms with van der Waals surface area (Å²) in [5, 5.41) is 23.8. The molecule has 0 aliphatic heterocycles. The van der Waals surface area contributed by atoms with Crippen LogP contribution in [0.2, 0.25) is 0 Å². The van der Waals surface area contributed by atoms with Gasteiger partial charge in [-0.25, -0.2) is 0 Å². The van der Waals surface area contributed by atoms with Gasteiger partial charge in [0.05, 0.1) is 5.56 Å². The average molecular weight is 310 g/mol. The summed E-state index contributed by atoms with van der Waals surface area (Å²) in [7, 11) is 0. The maximum atomic E-state index is 10.2. The molecule has 0 amide bonds. The molecule has 2 unspecified atom stereocenters. The van der Waals surface area contributed by atoms with Crippen molar-refractivity contribution in [3.05, 3.63) is 58.7 Å². The molecular formula is C19H22N2O2. The fraction of sp³-hybridized carbons (Fsp3) is 0.263. The van der Waals surface area contributed by atoms with Crippen molar-refractivity contribution in [1.29, 1.82) is 0 Å². The second kappa shape index (κ2) is 5.97. The van der Waals surface area contributed by atoms with E-state index in [-0.39, 0.29) is 23.6 Å². The molecule has 2 aromatic rings. The number of nitrogen functional groups attached to an aromatic ring is 1. The number of nitrogens with two attached hydrogens (primary N) is 1. The van der Waals surface area contributed by atoms with Gasteiger partial charge in [0.15, 0.2) is 0 Å². The van der Waals surface area contributed by atoms with E-state index in [1.54, 1.807) is 12.1 Å². The van der Waals surface area contributed by atoms with E-state index in [0.29, 0.717) is 5.56 Å².